The third kappa shape index (κ3) is 11.5. The molecule has 44 heavy (non-hydrogen) atoms. The SMILES string of the molecule is CC(C)(C)c1cc(C(C)(C)C)c(OP(O)Oc2c(C(C)(C)C)cc(C(C)(C)C)cc2C(C)(C)C)c(C(C)(C)C)c1.OP(O)O. The van der Waals surface area contributed by atoms with Crippen LogP contribution in [0.15, 0.2) is 24.3 Å². The number of rotatable bonds is 4. The minimum atomic E-state index is -2.62. The molecule has 0 aliphatic rings. The molecule has 0 unspecified atom stereocenters. The van der Waals surface area contributed by atoms with Gasteiger partial charge in [-0.15, -0.1) is 0 Å². The van der Waals surface area contributed by atoms with E-state index < -0.39 is 17.2 Å². The highest BCUT2D eigenvalue weighted by Gasteiger charge is 2.35. The fourth-order valence-corrected chi connectivity index (χ4v) is 5.47. The van der Waals surface area contributed by atoms with Gasteiger partial charge in [0, 0.05) is 22.3 Å². The Balaban J connectivity index is 0.00000227. The van der Waals surface area contributed by atoms with Gasteiger partial charge in [-0.25, -0.2) is 0 Å². The summed E-state index contributed by atoms with van der Waals surface area (Å²) in [7, 11) is -4.88. The van der Waals surface area contributed by atoms with Crippen molar-refractivity contribution in [2.24, 2.45) is 0 Å². The molecule has 8 heteroatoms. The summed E-state index contributed by atoms with van der Waals surface area (Å²) in [5.74, 6) is 1.48. The van der Waals surface area contributed by atoms with Gasteiger partial charge in [-0.1, -0.05) is 149 Å². The van der Waals surface area contributed by atoms with E-state index in [1.165, 1.54) is 11.1 Å². The Labute approximate surface area is 271 Å². The average Bonchev–Trinajstić information content (AvgIpc) is 2.74. The highest BCUT2D eigenvalue weighted by Crippen LogP contribution is 2.51. The minimum absolute atomic E-state index is 0.0169. The van der Waals surface area contributed by atoms with Gasteiger partial charge in [-0.3, -0.25) is 0 Å². The molecule has 0 amide bonds. The van der Waals surface area contributed by atoms with Gasteiger partial charge in [-0.2, -0.15) is 0 Å². The second-order valence-corrected chi connectivity index (χ2v) is 19.4. The molecule has 0 aliphatic heterocycles. The van der Waals surface area contributed by atoms with Crippen LogP contribution in [0.5, 0.6) is 11.5 Å². The van der Waals surface area contributed by atoms with Crippen LogP contribution >= 0.6 is 17.2 Å². The quantitative estimate of drug-likeness (QED) is 0.245. The molecule has 6 nitrogen and oxygen atoms in total. The fourth-order valence-electron chi connectivity index (χ4n) is 4.72. The van der Waals surface area contributed by atoms with Crippen LogP contribution in [0, 0.1) is 0 Å². The molecule has 0 atom stereocenters. The van der Waals surface area contributed by atoms with E-state index in [4.69, 9.17) is 23.7 Å². The van der Waals surface area contributed by atoms with Crippen LogP contribution in [0.25, 0.3) is 0 Å². The lowest BCUT2D eigenvalue weighted by atomic mass is 9.75. The maximum Gasteiger partial charge on any atom is 0.460 e. The highest BCUT2D eigenvalue weighted by molar-refractivity contribution is 7.41. The first-order valence-electron chi connectivity index (χ1n) is 15.4. The summed E-state index contributed by atoms with van der Waals surface area (Å²) >= 11 is 0. The zero-order valence-electron chi connectivity index (χ0n) is 30.8. The van der Waals surface area contributed by atoms with Crippen LogP contribution < -0.4 is 9.05 Å². The molecule has 0 bridgehead atoms. The number of hydrogen-bond donors (Lipinski definition) is 4. The van der Waals surface area contributed by atoms with Crippen molar-refractivity contribution in [2.45, 2.75) is 157 Å². The van der Waals surface area contributed by atoms with Crippen LogP contribution in [0.1, 0.15) is 158 Å². The van der Waals surface area contributed by atoms with E-state index in [-0.39, 0.29) is 32.5 Å². The summed E-state index contributed by atoms with van der Waals surface area (Å²) in [4.78, 5) is 33.3. The molecule has 2 rings (SSSR count). The van der Waals surface area contributed by atoms with Crippen molar-refractivity contribution in [2.75, 3.05) is 0 Å². The summed E-state index contributed by atoms with van der Waals surface area (Å²) < 4.78 is 13.1. The van der Waals surface area contributed by atoms with E-state index in [9.17, 15) is 4.89 Å². The number of benzene rings is 2. The molecule has 0 fully saturated rings. The van der Waals surface area contributed by atoms with Crippen molar-refractivity contribution < 1.29 is 28.6 Å². The van der Waals surface area contributed by atoms with E-state index in [1.807, 2.05) is 0 Å². The Kier molecular flexibility index (Phi) is 12.8. The molecular weight excluding hydrogens is 590 g/mol. The molecule has 0 aliphatic carbocycles. The molecule has 0 heterocycles. The first-order chi connectivity index (χ1) is 19.3. The first-order valence-corrected chi connectivity index (χ1v) is 17.7. The summed E-state index contributed by atoms with van der Waals surface area (Å²) in [6.07, 6.45) is 0. The fraction of sp³-hybridized carbons (Fsp3) is 0.667. The normalized spacial score (nSPS) is 13.6. The Bertz CT molecular complexity index is 1090. The van der Waals surface area contributed by atoms with Gasteiger partial charge >= 0.3 is 17.2 Å². The van der Waals surface area contributed by atoms with Gasteiger partial charge in [0.1, 0.15) is 11.5 Å². The summed E-state index contributed by atoms with van der Waals surface area (Å²) in [6.45, 7) is 39.9. The minimum Gasteiger partial charge on any atom is -0.417 e. The van der Waals surface area contributed by atoms with E-state index in [0.29, 0.717) is 0 Å². The third-order valence-corrected chi connectivity index (χ3v) is 8.16. The van der Waals surface area contributed by atoms with Gasteiger partial charge < -0.3 is 28.6 Å². The van der Waals surface area contributed by atoms with Crippen molar-refractivity contribution in [3.8, 4) is 11.5 Å². The van der Waals surface area contributed by atoms with Gasteiger partial charge in [0.25, 0.3) is 0 Å². The molecule has 0 spiro atoms. The highest BCUT2D eigenvalue weighted by atomic mass is 31.2. The Morgan fingerprint density at radius 1 is 0.386 bits per heavy atom. The molecule has 2 aromatic rings. The Morgan fingerprint density at radius 3 is 0.705 bits per heavy atom. The summed E-state index contributed by atoms with van der Waals surface area (Å²) in [5, 5.41) is 0. The molecule has 0 aromatic heterocycles. The Hall–Kier alpha value is -1.26. The molecule has 0 saturated heterocycles. The Morgan fingerprint density at radius 2 is 0.568 bits per heavy atom. The predicted molar refractivity (Wildman–Crippen MR) is 189 cm³/mol. The second-order valence-electron chi connectivity index (χ2n) is 18.0. The van der Waals surface area contributed by atoms with E-state index in [1.54, 1.807) is 0 Å². The molecule has 0 saturated carbocycles. The lowest BCUT2D eigenvalue weighted by Crippen LogP contribution is -2.23. The van der Waals surface area contributed by atoms with Crippen molar-refractivity contribution in [3.63, 3.8) is 0 Å². The summed E-state index contributed by atoms with van der Waals surface area (Å²) in [6, 6.07) is 9.03. The van der Waals surface area contributed by atoms with Crippen LogP contribution in [0.4, 0.5) is 0 Å². The molecule has 0 radical (unpaired) electrons. The van der Waals surface area contributed by atoms with E-state index >= 15 is 0 Å². The predicted octanol–water partition coefficient (Wildman–Crippen LogP) is 10.3. The van der Waals surface area contributed by atoms with Crippen molar-refractivity contribution >= 4 is 17.2 Å². The zero-order chi connectivity index (χ0) is 35.0. The molecule has 2 aromatic carbocycles. The van der Waals surface area contributed by atoms with Gasteiger partial charge in [0.05, 0.1) is 0 Å². The molecular formula is C36H62O6P2. The van der Waals surface area contributed by atoms with Gasteiger partial charge in [0.2, 0.25) is 0 Å². The maximum atomic E-state index is 11.6. The lowest BCUT2D eigenvalue weighted by Gasteiger charge is -2.35. The standard InChI is InChI=1S/C36H59O3P.H3O3P/c1-31(2,3)23-19-25(33(7,8)9)29(26(20-23)34(10,11)12)38-40(37)39-30-27(35(13,14)15)21-24(32(4,5)6)22-28(30)36(16,17)18;1-4(2)3/h19-22,37H,1-18H3;1-3H. The van der Waals surface area contributed by atoms with Crippen LogP contribution in [0.3, 0.4) is 0 Å². The van der Waals surface area contributed by atoms with Crippen LogP contribution in [0.2, 0.25) is 0 Å². The van der Waals surface area contributed by atoms with Crippen LogP contribution in [-0.4, -0.2) is 19.6 Å². The van der Waals surface area contributed by atoms with Crippen molar-refractivity contribution in [1.29, 1.82) is 0 Å². The third-order valence-electron chi connectivity index (χ3n) is 7.48. The second kappa shape index (κ2) is 13.8. The molecule has 252 valence electrons. The monoisotopic (exact) mass is 652 g/mol. The number of hydrogen-bond acceptors (Lipinski definition) is 6. The topological polar surface area (TPSA) is 99.4 Å². The smallest absolute Gasteiger partial charge is 0.417 e. The summed E-state index contributed by atoms with van der Waals surface area (Å²) in [5.41, 5.74) is 6.10. The zero-order valence-corrected chi connectivity index (χ0v) is 32.6. The largest absolute Gasteiger partial charge is 0.460 e. The van der Waals surface area contributed by atoms with E-state index in [2.05, 4.69) is 149 Å². The first kappa shape index (κ1) is 40.8. The van der Waals surface area contributed by atoms with Crippen molar-refractivity contribution in [3.05, 3.63) is 57.6 Å². The molecule has 4 N–H and O–H groups in total. The average molecular weight is 653 g/mol. The lowest BCUT2D eigenvalue weighted by molar-refractivity contribution is 0.359. The van der Waals surface area contributed by atoms with E-state index in [0.717, 1.165) is 33.8 Å². The maximum absolute atomic E-state index is 11.6. The van der Waals surface area contributed by atoms with Gasteiger partial charge in [-0.05, 0) is 43.6 Å². The van der Waals surface area contributed by atoms with Crippen molar-refractivity contribution in [1.82, 2.24) is 0 Å². The van der Waals surface area contributed by atoms with Gasteiger partial charge in [0.15, 0.2) is 0 Å². The van der Waals surface area contributed by atoms with Crippen LogP contribution in [-0.2, 0) is 32.5 Å².